The molecule has 0 spiro atoms. The molecule has 1 N–H and O–H groups in total. The second-order valence-corrected chi connectivity index (χ2v) is 6.82. The van der Waals surface area contributed by atoms with Crippen LogP contribution in [0.3, 0.4) is 0 Å². The fourth-order valence-corrected chi connectivity index (χ4v) is 3.31. The first-order chi connectivity index (χ1) is 14.1. The van der Waals surface area contributed by atoms with Crippen molar-refractivity contribution in [3.05, 3.63) is 48.5 Å². The number of likely N-dealkylation sites (tertiary alicyclic amines) is 1. The molecule has 7 nitrogen and oxygen atoms in total. The zero-order valence-corrected chi connectivity index (χ0v) is 16.7. The number of para-hydroxylation sites is 2. The number of hydrogen-bond donors (Lipinski definition) is 1. The molecule has 154 valence electrons. The molecule has 1 saturated heterocycles. The standard InChI is InChI=1S/C22H26N2O5/c1-27-18-7-5-6-17(14-18)23-22(26)16-10-12-24(13-11-16)21(25)15-29-20-9-4-3-8-19(20)28-2/h3-9,14,16H,10-13,15H2,1-2H3,(H,23,26). The van der Waals surface area contributed by atoms with Crippen LogP contribution in [0.15, 0.2) is 48.5 Å². The number of rotatable bonds is 7. The molecular formula is C22H26N2O5. The Morgan fingerprint density at radius 3 is 2.41 bits per heavy atom. The van der Waals surface area contributed by atoms with Crippen molar-refractivity contribution >= 4 is 17.5 Å². The van der Waals surface area contributed by atoms with Crippen LogP contribution >= 0.6 is 0 Å². The minimum atomic E-state index is -0.125. The van der Waals surface area contributed by atoms with E-state index in [1.165, 1.54) is 0 Å². The molecule has 0 unspecified atom stereocenters. The summed E-state index contributed by atoms with van der Waals surface area (Å²) in [5, 5.41) is 2.93. The number of nitrogens with zero attached hydrogens (tertiary/aromatic N) is 1. The van der Waals surface area contributed by atoms with Gasteiger partial charge in [0.25, 0.3) is 5.91 Å². The lowest BCUT2D eigenvalue weighted by molar-refractivity contribution is -0.136. The van der Waals surface area contributed by atoms with Crippen LogP contribution in [0.2, 0.25) is 0 Å². The lowest BCUT2D eigenvalue weighted by atomic mass is 9.95. The van der Waals surface area contributed by atoms with Crippen LogP contribution < -0.4 is 19.5 Å². The molecule has 1 aliphatic rings. The van der Waals surface area contributed by atoms with Gasteiger partial charge < -0.3 is 24.4 Å². The van der Waals surface area contributed by atoms with Gasteiger partial charge in [0.05, 0.1) is 14.2 Å². The van der Waals surface area contributed by atoms with Crippen molar-refractivity contribution in [2.24, 2.45) is 5.92 Å². The van der Waals surface area contributed by atoms with Crippen molar-refractivity contribution in [3.63, 3.8) is 0 Å². The zero-order valence-electron chi connectivity index (χ0n) is 16.7. The number of piperidine rings is 1. The minimum Gasteiger partial charge on any atom is -0.497 e. The molecule has 0 aliphatic carbocycles. The summed E-state index contributed by atoms with van der Waals surface area (Å²) in [5.41, 5.74) is 0.707. The van der Waals surface area contributed by atoms with E-state index >= 15 is 0 Å². The van der Waals surface area contributed by atoms with Crippen molar-refractivity contribution in [1.29, 1.82) is 0 Å². The number of anilines is 1. The third-order valence-corrected chi connectivity index (χ3v) is 4.98. The van der Waals surface area contributed by atoms with E-state index in [9.17, 15) is 9.59 Å². The highest BCUT2D eigenvalue weighted by Crippen LogP contribution is 2.26. The van der Waals surface area contributed by atoms with Gasteiger partial charge in [-0.1, -0.05) is 18.2 Å². The Labute approximate surface area is 170 Å². The van der Waals surface area contributed by atoms with Crippen LogP contribution in [0.4, 0.5) is 5.69 Å². The normalized spacial score (nSPS) is 14.2. The van der Waals surface area contributed by atoms with Gasteiger partial charge in [0.1, 0.15) is 5.75 Å². The third kappa shape index (κ3) is 5.40. The summed E-state index contributed by atoms with van der Waals surface area (Å²) in [6, 6.07) is 14.5. The van der Waals surface area contributed by atoms with Gasteiger partial charge >= 0.3 is 0 Å². The SMILES string of the molecule is COc1cccc(NC(=O)C2CCN(C(=O)COc3ccccc3OC)CC2)c1. The predicted octanol–water partition coefficient (Wildman–Crippen LogP) is 2.96. The Kier molecular flexibility index (Phi) is 6.94. The molecule has 0 atom stereocenters. The topological polar surface area (TPSA) is 77.1 Å². The number of benzene rings is 2. The van der Waals surface area contributed by atoms with E-state index in [0.29, 0.717) is 48.9 Å². The van der Waals surface area contributed by atoms with E-state index in [0.717, 1.165) is 0 Å². The van der Waals surface area contributed by atoms with Crippen molar-refractivity contribution < 1.29 is 23.8 Å². The van der Waals surface area contributed by atoms with Crippen molar-refractivity contribution in [2.75, 3.05) is 39.2 Å². The molecule has 0 saturated carbocycles. The van der Waals surface area contributed by atoms with Gasteiger partial charge in [-0.3, -0.25) is 9.59 Å². The van der Waals surface area contributed by atoms with Crippen LogP contribution in [0.5, 0.6) is 17.2 Å². The Hall–Kier alpha value is -3.22. The molecular weight excluding hydrogens is 372 g/mol. The van der Waals surface area contributed by atoms with E-state index in [4.69, 9.17) is 14.2 Å². The molecule has 2 aromatic carbocycles. The quantitative estimate of drug-likeness (QED) is 0.776. The summed E-state index contributed by atoms with van der Waals surface area (Å²) in [4.78, 5) is 26.7. The number of carbonyl (C=O) groups is 2. The molecule has 2 amide bonds. The van der Waals surface area contributed by atoms with Gasteiger partial charge in [0.15, 0.2) is 18.1 Å². The summed E-state index contributed by atoms with van der Waals surface area (Å²) < 4.78 is 16.0. The van der Waals surface area contributed by atoms with Gasteiger partial charge in [0, 0.05) is 30.8 Å². The van der Waals surface area contributed by atoms with Crippen LogP contribution in [0.25, 0.3) is 0 Å². The second-order valence-electron chi connectivity index (χ2n) is 6.82. The van der Waals surface area contributed by atoms with E-state index in [1.807, 2.05) is 30.3 Å². The summed E-state index contributed by atoms with van der Waals surface area (Å²) in [5.74, 6) is 1.57. The number of ether oxygens (including phenoxy) is 3. The number of carbonyl (C=O) groups excluding carboxylic acids is 2. The fraction of sp³-hybridized carbons (Fsp3) is 0.364. The molecule has 0 aromatic heterocycles. The van der Waals surface area contributed by atoms with Crippen LogP contribution in [-0.4, -0.2) is 50.6 Å². The minimum absolute atomic E-state index is 0.0318. The van der Waals surface area contributed by atoms with Crippen molar-refractivity contribution in [2.45, 2.75) is 12.8 Å². The number of methoxy groups -OCH3 is 2. The van der Waals surface area contributed by atoms with Crippen LogP contribution in [0.1, 0.15) is 12.8 Å². The van der Waals surface area contributed by atoms with Gasteiger partial charge in [-0.2, -0.15) is 0 Å². The van der Waals surface area contributed by atoms with Gasteiger partial charge in [-0.05, 0) is 37.1 Å². The molecule has 2 aromatic rings. The van der Waals surface area contributed by atoms with E-state index in [2.05, 4.69) is 5.32 Å². The Balaban J connectivity index is 1.46. The molecule has 0 bridgehead atoms. The summed E-state index contributed by atoms with van der Waals surface area (Å²) in [6.07, 6.45) is 1.24. The molecule has 1 heterocycles. The number of nitrogens with one attached hydrogen (secondary N) is 1. The fourth-order valence-electron chi connectivity index (χ4n) is 3.31. The van der Waals surface area contributed by atoms with Gasteiger partial charge in [0.2, 0.25) is 5.91 Å². The first-order valence-electron chi connectivity index (χ1n) is 9.59. The van der Waals surface area contributed by atoms with Crippen LogP contribution in [0, 0.1) is 5.92 Å². The molecule has 3 rings (SSSR count). The average Bonchev–Trinajstić information content (AvgIpc) is 2.77. The smallest absolute Gasteiger partial charge is 0.260 e. The molecule has 1 fully saturated rings. The summed E-state index contributed by atoms with van der Waals surface area (Å²) >= 11 is 0. The monoisotopic (exact) mass is 398 g/mol. The Bertz CT molecular complexity index is 847. The van der Waals surface area contributed by atoms with Crippen LogP contribution in [-0.2, 0) is 9.59 Å². The number of hydrogen-bond acceptors (Lipinski definition) is 5. The maximum atomic E-state index is 12.5. The maximum Gasteiger partial charge on any atom is 0.260 e. The molecule has 7 heteroatoms. The lowest BCUT2D eigenvalue weighted by Gasteiger charge is -2.31. The predicted molar refractivity (Wildman–Crippen MR) is 109 cm³/mol. The van der Waals surface area contributed by atoms with Gasteiger partial charge in [-0.15, -0.1) is 0 Å². The Morgan fingerprint density at radius 1 is 1.00 bits per heavy atom. The number of amides is 2. The van der Waals surface area contributed by atoms with Gasteiger partial charge in [-0.25, -0.2) is 0 Å². The zero-order chi connectivity index (χ0) is 20.6. The average molecular weight is 398 g/mol. The van der Waals surface area contributed by atoms with Crippen molar-refractivity contribution in [3.8, 4) is 17.2 Å². The van der Waals surface area contributed by atoms with E-state index in [-0.39, 0.29) is 24.3 Å². The maximum absolute atomic E-state index is 12.5. The second kappa shape index (κ2) is 9.82. The largest absolute Gasteiger partial charge is 0.497 e. The lowest BCUT2D eigenvalue weighted by Crippen LogP contribution is -2.43. The molecule has 0 radical (unpaired) electrons. The first kappa shape index (κ1) is 20.5. The van der Waals surface area contributed by atoms with Crippen molar-refractivity contribution in [1.82, 2.24) is 4.90 Å². The highest BCUT2D eigenvalue weighted by Gasteiger charge is 2.27. The van der Waals surface area contributed by atoms with E-state index in [1.54, 1.807) is 37.3 Å². The summed E-state index contributed by atoms with van der Waals surface area (Å²) in [7, 11) is 3.15. The first-order valence-corrected chi connectivity index (χ1v) is 9.59. The summed E-state index contributed by atoms with van der Waals surface area (Å²) in [6.45, 7) is 1.01. The highest BCUT2D eigenvalue weighted by molar-refractivity contribution is 5.93. The van der Waals surface area contributed by atoms with E-state index < -0.39 is 0 Å². The molecule has 1 aliphatic heterocycles. The highest BCUT2D eigenvalue weighted by atomic mass is 16.5. The molecule has 29 heavy (non-hydrogen) atoms. The third-order valence-electron chi connectivity index (χ3n) is 4.98. The Morgan fingerprint density at radius 2 is 1.72 bits per heavy atom.